The molecule has 0 aliphatic carbocycles. The largest absolute Gasteiger partial charge is 0.445 e. The molecule has 12 nitrogen and oxygen atoms in total. The van der Waals surface area contributed by atoms with E-state index in [9.17, 15) is 24.3 Å². The highest BCUT2D eigenvalue weighted by atomic mass is 32.1. The minimum absolute atomic E-state index is 0.00613. The Balaban J connectivity index is 1.30. The summed E-state index contributed by atoms with van der Waals surface area (Å²) in [6, 6.07) is 25.2. The van der Waals surface area contributed by atoms with Crippen molar-refractivity contribution >= 4 is 45.9 Å². The number of thiazole rings is 1. The summed E-state index contributed by atoms with van der Waals surface area (Å²) >= 11 is 1.33. The molecule has 0 spiro atoms. The van der Waals surface area contributed by atoms with Crippen molar-refractivity contribution < 1.29 is 29.0 Å². The lowest BCUT2D eigenvalue weighted by Crippen LogP contribution is -2.57. The first-order chi connectivity index (χ1) is 26.6. The van der Waals surface area contributed by atoms with Gasteiger partial charge in [0.1, 0.15) is 18.7 Å². The third kappa shape index (κ3) is 13.0. The standard InChI is InChI=1S/C42H48N6O6S/c1-28(2)23-34(37(49)26-38(50)44-20-18-32-16-8-9-19-43-32)46-41(52)36(25-39-45-21-22-55-39)47-40(51)35(48-42(53)54-27-29-11-4-3-5-12-29)24-31-15-10-14-30-13-6-7-17-33(30)31/h3-17,19,21-22,28,34-37,49H,18,20,23-27H2,1-2H3,(H,44,50)(H,46,52)(H,47,51)(H,48,53)/t34-,35-,36?,37-/m0/s1. The zero-order chi connectivity index (χ0) is 39.0. The smallest absolute Gasteiger partial charge is 0.408 e. The van der Waals surface area contributed by atoms with Crippen LogP contribution in [0.4, 0.5) is 4.79 Å². The molecule has 5 N–H and O–H groups in total. The molecule has 0 aliphatic rings. The number of hydrogen-bond donors (Lipinski definition) is 5. The molecule has 2 aromatic heterocycles. The van der Waals surface area contributed by atoms with Gasteiger partial charge in [0.15, 0.2) is 0 Å². The number of ether oxygens (including phenoxy) is 1. The molecule has 0 radical (unpaired) electrons. The van der Waals surface area contributed by atoms with E-state index in [2.05, 4.69) is 31.2 Å². The molecule has 2 heterocycles. The quantitative estimate of drug-likeness (QED) is 0.0791. The van der Waals surface area contributed by atoms with Crippen molar-refractivity contribution in [3.8, 4) is 0 Å². The van der Waals surface area contributed by atoms with Crippen LogP contribution in [0.3, 0.4) is 0 Å². The predicted octanol–water partition coefficient (Wildman–Crippen LogP) is 4.90. The molecule has 13 heteroatoms. The van der Waals surface area contributed by atoms with Crippen LogP contribution in [-0.2, 0) is 45.0 Å². The molecule has 0 aliphatic heterocycles. The number of benzene rings is 3. The Morgan fingerprint density at radius 1 is 0.782 bits per heavy atom. The summed E-state index contributed by atoms with van der Waals surface area (Å²) in [7, 11) is 0. The first kappa shape index (κ1) is 40.5. The van der Waals surface area contributed by atoms with Crippen LogP contribution >= 0.6 is 11.3 Å². The van der Waals surface area contributed by atoms with Gasteiger partial charge in [0.25, 0.3) is 0 Å². The van der Waals surface area contributed by atoms with E-state index in [0.29, 0.717) is 24.4 Å². The highest BCUT2D eigenvalue weighted by Crippen LogP contribution is 2.21. The first-order valence-corrected chi connectivity index (χ1v) is 19.3. The van der Waals surface area contributed by atoms with E-state index in [0.717, 1.165) is 27.6 Å². The van der Waals surface area contributed by atoms with E-state index >= 15 is 0 Å². The second-order valence-corrected chi connectivity index (χ2v) is 14.7. The van der Waals surface area contributed by atoms with Crippen molar-refractivity contribution in [1.82, 2.24) is 31.2 Å². The minimum atomic E-state index is -1.20. The molecule has 1 unspecified atom stereocenters. The van der Waals surface area contributed by atoms with Gasteiger partial charge in [-0.25, -0.2) is 9.78 Å². The van der Waals surface area contributed by atoms with Crippen molar-refractivity contribution in [2.24, 2.45) is 5.92 Å². The van der Waals surface area contributed by atoms with Gasteiger partial charge >= 0.3 is 6.09 Å². The van der Waals surface area contributed by atoms with Gasteiger partial charge < -0.3 is 31.1 Å². The minimum Gasteiger partial charge on any atom is -0.445 e. The highest BCUT2D eigenvalue weighted by molar-refractivity contribution is 7.09. The van der Waals surface area contributed by atoms with Crippen LogP contribution in [0.25, 0.3) is 10.8 Å². The fourth-order valence-electron chi connectivity index (χ4n) is 6.20. The van der Waals surface area contributed by atoms with E-state index < -0.39 is 42.1 Å². The third-order valence-corrected chi connectivity index (χ3v) is 9.76. The number of rotatable bonds is 19. The monoisotopic (exact) mass is 764 g/mol. The fourth-order valence-corrected chi connectivity index (χ4v) is 6.86. The van der Waals surface area contributed by atoms with Gasteiger partial charge in [-0.15, -0.1) is 11.3 Å². The second-order valence-electron chi connectivity index (χ2n) is 13.7. The lowest BCUT2D eigenvalue weighted by atomic mass is 9.96. The number of carbonyl (C=O) groups is 4. The molecule has 3 aromatic carbocycles. The topological polar surface area (TPSA) is 172 Å². The van der Waals surface area contributed by atoms with Crippen LogP contribution in [0.5, 0.6) is 0 Å². The Morgan fingerprint density at radius 2 is 1.51 bits per heavy atom. The number of amides is 4. The maximum Gasteiger partial charge on any atom is 0.408 e. The van der Waals surface area contributed by atoms with Gasteiger partial charge in [0, 0.05) is 49.3 Å². The number of fused-ring (bicyclic) bond motifs is 1. The van der Waals surface area contributed by atoms with Crippen LogP contribution in [0, 0.1) is 5.92 Å². The number of pyridine rings is 1. The van der Waals surface area contributed by atoms with Crippen LogP contribution in [0.2, 0.25) is 0 Å². The number of nitrogens with one attached hydrogen (secondary N) is 4. The average Bonchev–Trinajstić information content (AvgIpc) is 3.70. The van der Waals surface area contributed by atoms with E-state index in [1.165, 1.54) is 11.3 Å². The number of aliphatic hydroxyl groups is 1. The predicted molar refractivity (Wildman–Crippen MR) is 212 cm³/mol. The zero-order valence-corrected chi connectivity index (χ0v) is 31.8. The van der Waals surface area contributed by atoms with Gasteiger partial charge in [-0.3, -0.25) is 19.4 Å². The number of aliphatic hydroxyl groups excluding tert-OH is 1. The maximum absolute atomic E-state index is 14.2. The number of nitrogens with zero attached hydrogens (tertiary/aromatic N) is 2. The SMILES string of the molecule is CC(C)C[C@H](NC(=O)C(Cc1nccs1)NC(=O)[C@H](Cc1cccc2ccccc12)NC(=O)OCc1ccccc1)[C@@H](O)CC(=O)NCCc1ccccn1. The molecule has 0 fully saturated rings. The van der Waals surface area contributed by atoms with Crippen molar-refractivity contribution in [1.29, 1.82) is 0 Å². The van der Waals surface area contributed by atoms with E-state index in [4.69, 9.17) is 4.74 Å². The summed E-state index contributed by atoms with van der Waals surface area (Å²) in [6.07, 6.45) is 2.18. The van der Waals surface area contributed by atoms with E-state index in [1.807, 2.05) is 105 Å². The lowest BCUT2D eigenvalue weighted by molar-refractivity contribution is -0.131. The van der Waals surface area contributed by atoms with Gasteiger partial charge in [0.2, 0.25) is 17.7 Å². The molecule has 55 heavy (non-hydrogen) atoms. The molecule has 0 bridgehead atoms. The van der Waals surface area contributed by atoms with Crippen LogP contribution in [0.1, 0.15) is 48.5 Å². The molecule has 0 saturated heterocycles. The van der Waals surface area contributed by atoms with Crippen LogP contribution < -0.4 is 21.3 Å². The second kappa shape index (κ2) is 20.7. The maximum atomic E-state index is 14.2. The average molecular weight is 765 g/mol. The van der Waals surface area contributed by atoms with Crippen LogP contribution in [-0.4, -0.2) is 69.7 Å². The van der Waals surface area contributed by atoms with Crippen molar-refractivity contribution in [3.63, 3.8) is 0 Å². The summed E-state index contributed by atoms with van der Waals surface area (Å²) in [5, 5.41) is 26.8. The molecule has 5 rings (SSSR count). The lowest BCUT2D eigenvalue weighted by Gasteiger charge is -2.28. The van der Waals surface area contributed by atoms with Crippen molar-refractivity contribution in [2.45, 2.75) is 76.8 Å². The molecular formula is C42H48N6O6S. The van der Waals surface area contributed by atoms with E-state index in [-0.39, 0.29) is 37.7 Å². The summed E-state index contributed by atoms with van der Waals surface area (Å²) in [4.78, 5) is 62.8. The number of aromatic nitrogens is 2. The number of alkyl carbamates (subject to hydrolysis) is 1. The summed E-state index contributed by atoms with van der Waals surface area (Å²) in [5.41, 5.74) is 2.44. The zero-order valence-electron chi connectivity index (χ0n) is 31.0. The Labute approximate surface area is 325 Å². The Kier molecular flexibility index (Phi) is 15.3. The molecule has 0 saturated carbocycles. The molecule has 288 valence electrons. The normalized spacial score (nSPS) is 13.3. The molecule has 5 aromatic rings. The van der Waals surface area contributed by atoms with Crippen molar-refractivity contribution in [3.05, 3.63) is 131 Å². The number of hydrogen-bond acceptors (Lipinski definition) is 9. The summed E-state index contributed by atoms with van der Waals surface area (Å²) < 4.78 is 5.48. The molecule has 4 atom stereocenters. The molecule has 4 amide bonds. The fraction of sp³-hybridized carbons (Fsp3) is 0.333. The highest BCUT2D eigenvalue weighted by Gasteiger charge is 2.32. The molecular weight excluding hydrogens is 717 g/mol. The number of carbonyl (C=O) groups excluding carboxylic acids is 4. The van der Waals surface area contributed by atoms with E-state index in [1.54, 1.807) is 17.8 Å². The van der Waals surface area contributed by atoms with Gasteiger partial charge in [0.05, 0.1) is 23.6 Å². The first-order valence-electron chi connectivity index (χ1n) is 18.4. The Bertz CT molecular complexity index is 1970. The summed E-state index contributed by atoms with van der Waals surface area (Å²) in [5.74, 6) is -1.45. The summed E-state index contributed by atoms with van der Waals surface area (Å²) in [6.45, 7) is 4.26. The van der Waals surface area contributed by atoms with Crippen molar-refractivity contribution in [2.75, 3.05) is 6.54 Å². The van der Waals surface area contributed by atoms with Gasteiger partial charge in [-0.1, -0.05) is 92.7 Å². The third-order valence-electron chi connectivity index (χ3n) is 8.96. The van der Waals surface area contributed by atoms with Gasteiger partial charge in [-0.05, 0) is 46.4 Å². The van der Waals surface area contributed by atoms with Gasteiger partial charge in [-0.2, -0.15) is 0 Å². The van der Waals surface area contributed by atoms with Crippen LogP contribution in [0.15, 0.2) is 109 Å². The Hall–Kier alpha value is -5.66. The Morgan fingerprint density at radius 3 is 2.25 bits per heavy atom.